The largest absolute Gasteiger partial charge is 0.504 e. The molecule has 3 heterocycles. The predicted molar refractivity (Wildman–Crippen MR) is 161 cm³/mol. The summed E-state index contributed by atoms with van der Waals surface area (Å²) in [7, 11) is 3.57. The van der Waals surface area contributed by atoms with Crippen LogP contribution in [-0.2, 0) is 13.0 Å². The first kappa shape index (κ1) is 29.1. The molecule has 0 unspecified atom stereocenters. The number of nitriles is 1. The van der Waals surface area contributed by atoms with Crippen molar-refractivity contribution in [3.05, 3.63) is 75.3 Å². The quantitative estimate of drug-likeness (QED) is 0.419. The van der Waals surface area contributed by atoms with Gasteiger partial charge in [-0.25, -0.2) is 0 Å². The van der Waals surface area contributed by atoms with Crippen LogP contribution in [-0.4, -0.2) is 65.7 Å². The average molecular weight is 586 g/mol. The molecule has 1 fully saturated rings. The van der Waals surface area contributed by atoms with Gasteiger partial charge in [-0.05, 0) is 57.9 Å². The van der Waals surface area contributed by atoms with Crippen molar-refractivity contribution in [2.75, 3.05) is 27.6 Å². The third kappa shape index (κ3) is 4.48. The third-order valence-electron chi connectivity index (χ3n) is 9.57. The summed E-state index contributed by atoms with van der Waals surface area (Å²) in [6, 6.07) is 12.7. The molecule has 0 amide bonds. The van der Waals surface area contributed by atoms with E-state index in [0.717, 1.165) is 38.9 Å². The van der Waals surface area contributed by atoms with Gasteiger partial charge in [-0.2, -0.15) is 5.26 Å². The highest BCUT2D eigenvalue weighted by atomic mass is 16.7. The first-order chi connectivity index (χ1) is 20.7. The predicted octanol–water partition coefficient (Wildman–Crippen LogP) is 4.86. The Balaban J connectivity index is 1.56. The number of likely N-dealkylation sites (N-methyl/N-ethyl adjacent to an activating group) is 1. The minimum Gasteiger partial charge on any atom is -0.504 e. The smallest absolute Gasteiger partial charge is 0.231 e. The molecule has 3 aliphatic rings. The fourth-order valence-corrected chi connectivity index (χ4v) is 7.54. The molecule has 5 atom stereocenters. The Bertz CT molecular complexity index is 1590. The van der Waals surface area contributed by atoms with E-state index < -0.39 is 12.1 Å². The van der Waals surface area contributed by atoms with Gasteiger partial charge in [0.15, 0.2) is 23.0 Å². The molecule has 9 heteroatoms. The lowest BCUT2D eigenvalue weighted by Gasteiger charge is -2.57. The lowest BCUT2D eigenvalue weighted by atomic mass is 9.76. The number of aliphatic hydroxyl groups is 1. The maximum Gasteiger partial charge on any atom is 0.231 e. The van der Waals surface area contributed by atoms with Crippen LogP contribution >= 0.6 is 0 Å². The van der Waals surface area contributed by atoms with E-state index in [1.807, 2.05) is 71.1 Å². The van der Waals surface area contributed by atoms with Crippen LogP contribution < -0.4 is 18.9 Å². The summed E-state index contributed by atoms with van der Waals surface area (Å²) >= 11 is 0. The minimum atomic E-state index is -0.554. The summed E-state index contributed by atoms with van der Waals surface area (Å²) in [6.07, 6.45) is 0.502. The van der Waals surface area contributed by atoms with Crippen LogP contribution in [0, 0.1) is 32.1 Å². The van der Waals surface area contributed by atoms with Gasteiger partial charge in [-0.1, -0.05) is 36.4 Å². The number of phenolic OH excluding ortho intramolecular Hbond substituents is 1. The van der Waals surface area contributed by atoms with E-state index in [4.69, 9.17) is 18.9 Å². The molecule has 3 aliphatic heterocycles. The van der Waals surface area contributed by atoms with Crippen molar-refractivity contribution in [3.8, 4) is 34.8 Å². The van der Waals surface area contributed by atoms with Crippen molar-refractivity contribution in [1.82, 2.24) is 9.80 Å². The second kappa shape index (κ2) is 11.3. The molecule has 3 aromatic carbocycles. The van der Waals surface area contributed by atoms with E-state index in [1.165, 1.54) is 0 Å². The summed E-state index contributed by atoms with van der Waals surface area (Å²) < 4.78 is 24.2. The molecule has 0 saturated carbocycles. The number of nitrogens with zero attached hydrogens (tertiary/aromatic N) is 3. The molecule has 43 heavy (non-hydrogen) atoms. The van der Waals surface area contributed by atoms with E-state index in [1.54, 1.807) is 7.11 Å². The van der Waals surface area contributed by atoms with Gasteiger partial charge in [0.25, 0.3) is 0 Å². The minimum absolute atomic E-state index is 0.0754. The molecule has 3 aromatic rings. The molecule has 2 N–H and O–H groups in total. The number of benzene rings is 3. The number of ether oxygens (including phenoxy) is 4. The van der Waals surface area contributed by atoms with E-state index in [0.29, 0.717) is 36.0 Å². The summed E-state index contributed by atoms with van der Waals surface area (Å²) in [5.41, 5.74) is 6.15. The van der Waals surface area contributed by atoms with Crippen molar-refractivity contribution >= 4 is 0 Å². The maximum absolute atomic E-state index is 11.6. The van der Waals surface area contributed by atoms with Gasteiger partial charge in [0.2, 0.25) is 6.79 Å². The standard InChI is InChI=1S/C34H39N3O6/c1-18-12-19(2)31(40-6)30(39)27(18)29-24-13-23-28(26(15-38)37(24)25(14-35)21(4)36(29)5)34-33(42-17-43-34)20(3)32(23)41-16-22-10-8-7-9-11-22/h7-12,21,24-26,29,38-39H,13,15-17H2,1-6H3/t21-,24-,25-,26-,29-/m0/s1. The first-order valence-electron chi connectivity index (χ1n) is 14.7. The molecule has 0 radical (unpaired) electrons. The van der Waals surface area contributed by atoms with Crippen molar-refractivity contribution < 1.29 is 29.2 Å². The van der Waals surface area contributed by atoms with Gasteiger partial charge >= 0.3 is 0 Å². The molecule has 9 nitrogen and oxygen atoms in total. The Morgan fingerprint density at radius 2 is 1.77 bits per heavy atom. The van der Waals surface area contributed by atoms with Crippen LogP contribution in [0.25, 0.3) is 0 Å². The Hall–Kier alpha value is -3.97. The number of aliphatic hydroxyl groups excluding tert-OH is 1. The van der Waals surface area contributed by atoms with Gasteiger partial charge in [0.05, 0.1) is 31.9 Å². The number of fused-ring (bicyclic) bond motifs is 4. The van der Waals surface area contributed by atoms with Gasteiger partial charge in [0.1, 0.15) is 18.4 Å². The number of piperazine rings is 1. The van der Waals surface area contributed by atoms with E-state index in [9.17, 15) is 15.5 Å². The van der Waals surface area contributed by atoms with Crippen LogP contribution in [0.5, 0.6) is 28.7 Å². The van der Waals surface area contributed by atoms with Gasteiger partial charge < -0.3 is 29.2 Å². The number of hydrogen-bond donors (Lipinski definition) is 2. The number of aryl methyl sites for hydroxylation is 2. The second-order valence-electron chi connectivity index (χ2n) is 11.8. The Morgan fingerprint density at radius 1 is 1.05 bits per heavy atom. The number of methoxy groups -OCH3 is 1. The summed E-state index contributed by atoms with van der Waals surface area (Å²) in [5.74, 6) is 2.47. The SMILES string of the molecule is COc1c(C)cc(C)c([C@@H]2[C@@H]3Cc4c(OCc5ccccc5)c(C)c5c(c4[C@H](CO)N3[C@@H](C#N)[C@H](C)N2C)OCO5)c1O. The lowest BCUT2D eigenvalue weighted by molar-refractivity contribution is -0.0717. The molecular weight excluding hydrogens is 546 g/mol. The zero-order valence-corrected chi connectivity index (χ0v) is 25.5. The normalized spacial score (nSPS) is 24.7. The molecule has 0 aromatic heterocycles. The number of phenols is 1. The van der Waals surface area contributed by atoms with Gasteiger partial charge in [-0.3, -0.25) is 9.80 Å². The second-order valence-corrected chi connectivity index (χ2v) is 11.8. The van der Waals surface area contributed by atoms with Crippen LogP contribution in [0.4, 0.5) is 0 Å². The highest BCUT2D eigenvalue weighted by molar-refractivity contribution is 5.66. The third-order valence-corrected chi connectivity index (χ3v) is 9.57. The fraction of sp³-hybridized carbons (Fsp3) is 0.441. The van der Waals surface area contributed by atoms with Gasteiger partial charge in [0, 0.05) is 34.3 Å². The number of rotatable bonds is 6. The maximum atomic E-state index is 11.6. The fourth-order valence-electron chi connectivity index (χ4n) is 7.54. The van der Waals surface area contributed by atoms with E-state index in [2.05, 4.69) is 15.9 Å². The van der Waals surface area contributed by atoms with E-state index >= 15 is 0 Å². The van der Waals surface area contributed by atoms with Crippen molar-refractivity contribution in [1.29, 1.82) is 5.26 Å². The topological polar surface area (TPSA) is 108 Å². The summed E-state index contributed by atoms with van der Waals surface area (Å²) in [5, 5.41) is 33.2. The molecule has 0 spiro atoms. The van der Waals surface area contributed by atoms with Crippen molar-refractivity contribution in [2.24, 2.45) is 0 Å². The lowest BCUT2D eigenvalue weighted by Crippen LogP contribution is -2.65. The molecule has 0 aliphatic carbocycles. The summed E-state index contributed by atoms with van der Waals surface area (Å²) in [4.78, 5) is 4.30. The Kier molecular flexibility index (Phi) is 7.63. The number of hydrogen-bond acceptors (Lipinski definition) is 9. The van der Waals surface area contributed by atoms with E-state index in [-0.39, 0.29) is 37.3 Å². The zero-order chi connectivity index (χ0) is 30.6. The molecule has 6 rings (SSSR count). The molecular formula is C34H39N3O6. The summed E-state index contributed by atoms with van der Waals surface area (Å²) in [6.45, 7) is 8.11. The average Bonchev–Trinajstić information content (AvgIpc) is 3.49. The Morgan fingerprint density at radius 3 is 2.44 bits per heavy atom. The highest BCUT2D eigenvalue weighted by Crippen LogP contribution is 2.56. The molecule has 226 valence electrons. The molecule has 1 saturated heterocycles. The Labute approximate surface area is 252 Å². The monoisotopic (exact) mass is 585 g/mol. The van der Waals surface area contributed by atoms with Crippen LogP contribution in [0.1, 0.15) is 58.0 Å². The van der Waals surface area contributed by atoms with Gasteiger partial charge in [-0.15, -0.1) is 0 Å². The highest BCUT2D eigenvalue weighted by Gasteiger charge is 2.53. The van der Waals surface area contributed by atoms with Crippen LogP contribution in [0.15, 0.2) is 36.4 Å². The van der Waals surface area contributed by atoms with Crippen LogP contribution in [0.2, 0.25) is 0 Å². The van der Waals surface area contributed by atoms with Crippen molar-refractivity contribution in [3.63, 3.8) is 0 Å². The number of aromatic hydroxyl groups is 1. The zero-order valence-electron chi connectivity index (χ0n) is 25.5. The first-order valence-corrected chi connectivity index (χ1v) is 14.7. The van der Waals surface area contributed by atoms with Crippen LogP contribution in [0.3, 0.4) is 0 Å². The molecule has 0 bridgehead atoms. The van der Waals surface area contributed by atoms with Crippen molar-refractivity contribution in [2.45, 2.75) is 70.9 Å².